The first kappa shape index (κ1) is 41.1. The second-order valence-electron chi connectivity index (χ2n) is 12.0. The molecule has 49 heavy (non-hydrogen) atoms. The van der Waals surface area contributed by atoms with E-state index < -0.39 is 96.5 Å². The summed E-state index contributed by atoms with van der Waals surface area (Å²) in [5.74, 6) is -7.11. The van der Waals surface area contributed by atoms with Crippen LogP contribution in [-0.2, 0) is 43.2 Å². The molecule has 2 aliphatic heterocycles. The van der Waals surface area contributed by atoms with Gasteiger partial charge in [0, 0.05) is 24.5 Å². The maximum Gasteiger partial charge on any atom is 0.321 e. The van der Waals surface area contributed by atoms with Gasteiger partial charge >= 0.3 is 5.97 Å². The highest BCUT2D eigenvalue weighted by Gasteiger charge is 2.40. The van der Waals surface area contributed by atoms with Crippen molar-refractivity contribution in [2.75, 3.05) is 24.6 Å². The SMILES string of the molecule is CC(C)C[C@H](NC(=O)[C@@H]1CCCN1C(=O)[C@H](CSSC[C@H](N)C(=O)O)NC(=O)[C@H](CC(N)=O)NC(=O)[C@@H]1CCC(=O)N1)C(=O)NCC(N)=O. The minimum absolute atomic E-state index is 0.0342. The summed E-state index contributed by atoms with van der Waals surface area (Å²) in [5, 5.41) is 21.5. The number of amides is 8. The van der Waals surface area contributed by atoms with Crippen LogP contribution in [0.15, 0.2) is 0 Å². The Kier molecular flexibility index (Phi) is 16.6. The van der Waals surface area contributed by atoms with E-state index in [1.165, 1.54) is 4.90 Å². The van der Waals surface area contributed by atoms with Gasteiger partial charge in [-0.3, -0.25) is 43.2 Å². The number of likely N-dealkylation sites (tertiary alicyclic amines) is 1. The predicted octanol–water partition coefficient (Wildman–Crippen LogP) is -3.97. The Bertz CT molecular complexity index is 1290. The van der Waals surface area contributed by atoms with Gasteiger partial charge in [-0.15, -0.1) is 0 Å². The average Bonchev–Trinajstić information content (AvgIpc) is 3.69. The molecule has 2 aliphatic rings. The predicted molar refractivity (Wildman–Crippen MR) is 178 cm³/mol. The number of nitrogens with one attached hydrogen (secondary N) is 5. The molecular weight excluding hydrogens is 686 g/mol. The van der Waals surface area contributed by atoms with Gasteiger partial charge in [0.05, 0.1) is 13.0 Å². The molecule has 2 saturated heterocycles. The first-order chi connectivity index (χ1) is 23.0. The molecule has 0 unspecified atom stereocenters. The number of carbonyl (C=O) groups excluding carboxylic acids is 8. The van der Waals surface area contributed by atoms with Crippen LogP contribution < -0.4 is 43.8 Å². The molecule has 2 rings (SSSR count). The van der Waals surface area contributed by atoms with E-state index in [1.807, 2.05) is 13.8 Å². The highest BCUT2D eigenvalue weighted by molar-refractivity contribution is 8.76. The van der Waals surface area contributed by atoms with Crippen molar-refractivity contribution in [2.45, 2.75) is 88.6 Å². The Morgan fingerprint density at radius 1 is 0.898 bits per heavy atom. The topological polar surface area (TPSA) is 315 Å². The summed E-state index contributed by atoms with van der Waals surface area (Å²) in [5.41, 5.74) is 16.0. The molecule has 0 aromatic carbocycles. The summed E-state index contributed by atoms with van der Waals surface area (Å²) >= 11 is 0. The molecule has 0 saturated carbocycles. The highest BCUT2D eigenvalue weighted by Crippen LogP contribution is 2.25. The van der Waals surface area contributed by atoms with Crippen LogP contribution >= 0.6 is 21.6 Å². The zero-order chi connectivity index (χ0) is 36.8. The lowest BCUT2D eigenvalue weighted by Gasteiger charge is -2.30. The molecule has 0 aromatic rings. The average molecular weight is 732 g/mol. The first-order valence-corrected chi connectivity index (χ1v) is 18.1. The number of carbonyl (C=O) groups is 9. The van der Waals surface area contributed by atoms with E-state index in [1.54, 1.807) is 0 Å². The first-order valence-electron chi connectivity index (χ1n) is 15.6. The van der Waals surface area contributed by atoms with Gasteiger partial charge in [-0.05, 0) is 31.6 Å². The molecule has 8 amide bonds. The maximum atomic E-state index is 14.0. The summed E-state index contributed by atoms with van der Waals surface area (Å²) in [6, 6.07) is -7.03. The molecule has 21 heteroatoms. The molecule has 2 heterocycles. The number of nitrogens with zero attached hydrogens (tertiary/aromatic N) is 1. The Labute approximate surface area is 290 Å². The third-order valence-electron chi connectivity index (χ3n) is 7.46. The molecule has 6 atom stereocenters. The summed E-state index contributed by atoms with van der Waals surface area (Å²) in [6.45, 7) is 3.35. The van der Waals surface area contributed by atoms with Crippen molar-refractivity contribution in [2.24, 2.45) is 23.1 Å². The van der Waals surface area contributed by atoms with Gasteiger partial charge in [0.15, 0.2) is 0 Å². The van der Waals surface area contributed by atoms with Crippen LogP contribution in [0.2, 0.25) is 0 Å². The number of hydrogen-bond acceptors (Lipinski definition) is 12. The highest BCUT2D eigenvalue weighted by atomic mass is 33.1. The summed E-state index contributed by atoms with van der Waals surface area (Å²) in [4.78, 5) is 113. The zero-order valence-corrected chi connectivity index (χ0v) is 28.9. The third kappa shape index (κ3) is 13.7. The van der Waals surface area contributed by atoms with Crippen LogP contribution in [0.1, 0.15) is 52.4 Å². The summed E-state index contributed by atoms with van der Waals surface area (Å²) in [7, 11) is 2.06. The van der Waals surface area contributed by atoms with Crippen LogP contribution in [0.4, 0.5) is 0 Å². The van der Waals surface area contributed by atoms with Gasteiger partial charge in [0.25, 0.3) is 0 Å². The van der Waals surface area contributed by atoms with E-state index in [0.717, 1.165) is 21.6 Å². The largest absolute Gasteiger partial charge is 0.480 e. The lowest BCUT2D eigenvalue weighted by atomic mass is 10.0. The van der Waals surface area contributed by atoms with Crippen molar-refractivity contribution in [1.29, 1.82) is 0 Å². The van der Waals surface area contributed by atoms with E-state index in [4.69, 9.17) is 22.3 Å². The molecule has 19 nitrogen and oxygen atoms in total. The minimum atomic E-state index is -1.51. The summed E-state index contributed by atoms with van der Waals surface area (Å²) < 4.78 is 0. The number of hydrogen-bond donors (Lipinski definition) is 9. The molecule has 12 N–H and O–H groups in total. The van der Waals surface area contributed by atoms with Crippen LogP contribution in [0.3, 0.4) is 0 Å². The number of rotatable bonds is 20. The van der Waals surface area contributed by atoms with E-state index in [2.05, 4.69) is 26.6 Å². The van der Waals surface area contributed by atoms with Gasteiger partial charge in [-0.1, -0.05) is 35.4 Å². The molecule has 274 valence electrons. The van der Waals surface area contributed by atoms with Gasteiger partial charge in [-0.2, -0.15) is 0 Å². The van der Waals surface area contributed by atoms with Gasteiger partial charge in [0.1, 0.15) is 36.3 Å². The Morgan fingerprint density at radius 2 is 1.55 bits per heavy atom. The van der Waals surface area contributed by atoms with E-state index in [-0.39, 0.29) is 55.6 Å². The molecule has 0 radical (unpaired) electrons. The van der Waals surface area contributed by atoms with Crippen molar-refractivity contribution in [3.63, 3.8) is 0 Å². The van der Waals surface area contributed by atoms with E-state index in [9.17, 15) is 43.2 Å². The second-order valence-corrected chi connectivity index (χ2v) is 14.6. The van der Waals surface area contributed by atoms with Crippen LogP contribution in [-0.4, -0.2) is 124 Å². The fraction of sp³-hybridized carbons (Fsp3) is 0.679. The second kappa shape index (κ2) is 19.8. The number of carboxylic acid groups (broad SMARTS) is 1. The quantitative estimate of drug-likeness (QED) is 0.0427. The molecule has 0 spiro atoms. The standard InChI is InChI=1S/C28H45N9O10S2/c1-13(2)8-16(23(41)32-10-21(31)39)35-26(44)19-4-3-7-37(19)27(45)18(12-49-48-11-14(29)28(46)47)36-25(43)17(9-20(30)38)34-24(42)15-5-6-22(40)33-15/h13-19H,3-12,29H2,1-2H3,(H2,30,38)(H2,31,39)(H,32,41)(H,33,40)(H,34,42)(H,35,44)(H,36,43)(H,46,47)/t14-,15-,16-,17-,18-,19-/m0/s1. The van der Waals surface area contributed by atoms with Gasteiger partial charge in [-0.25, -0.2) is 0 Å². The molecule has 0 aromatic heterocycles. The fourth-order valence-corrected chi connectivity index (χ4v) is 7.29. The lowest BCUT2D eigenvalue weighted by molar-refractivity contribution is -0.142. The lowest BCUT2D eigenvalue weighted by Crippen LogP contribution is -2.59. The van der Waals surface area contributed by atoms with Crippen LogP contribution in [0.5, 0.6) is 0 Å². The van der Waals surface area contributed by atoms with Crippen molar-refractivity contribution in [3.05, 3.63) is 0 Å². The minimum Gasteiger partial charge on any atom is -0.480 e. The Hall–Kier alpha value is -4.11. The van der Waals surface area contributed by atoms with Crippen molar-refractivity contribution < 1.29 is 48.3 Å². The molecule has 2 fully saturated rings. The fourth-order valence-electron chi connectivity index (χ4n) is 5.02. The molecule has 0 aliphatic carbocycles. The van der Waals surface area contributed by atoms with Crippen LogP contribution in [0, 0.1) is 5.92 Å². The Balaban J connectivity index is 2.25. The monoisotopic (exact) mass is 731 g/mol. The number of carboxylic acids is 1. The van der Waals surface area contributed by atoms with E-state index in [0.29, 0.717) is 6.42 Å². The zero-order valence-electron chi connectivity index (χ0n) is 27.2. The van der Waals surface area contributed by atoms with Crippen molar-refractivity contribution >= 4 is 74.8 Å². The summed E-state index contributed by atoms with van der Waals surface area (Å²) in [6.07, 6.45) is 0.515. The van der Waals surface area contributed by atoms with Crippen molar-refractivity contribution in [1.82, 2.24) is 31.5 Å². The maximum absolute atomic E-state index is 14.0. The Morgan fingerprint density at radius 3 is 2.12 bits per heavy atom. The molecular formula is C28H45N9O10S2. The van der Waals surface area contributed by atoms with Crippen LogP contribution in [0.25, 0.3) is 0 Å². The third-order valence-corrected chi connectivity index (χ3v) is 9.91. The van der Waals surface area contributed by atoms with Gasteiger partial charge in [0.2, 0.25) is 47.3 Å². The number of nitrogens with two attached hydrogens (primary N) is 3. The normalized spacial score (nSPS) is 19.6. The molecule has 0 bridgehead atoms. The number of aliphatic carboxylic acids is 1. The van der Waals surface area contributed by atoms with E-state index >= 15 is 0 Å². The smallest absolute Gasteiger partial charge is 0.321 e. The van der Waals surface area contributed by atoms with Crippen molar-refractivity contribution in [3.8, 4) is 0 Å². The van der Waals surface area contributed by atoms with Gasteiger partial charge < -0.3 is 53.8 Å². The number of primary amides is 2.